The van der Waals surface area contributed by atoms with Crippen molar-refractivity contribution in [3.05, 3.63) is 27.9 Å². The average Bonchev–Trinajstić information content (AvgIpc) is 2.84. The van der Waals surface area contributed by atoms with E-state index in [4.69, 9.17) is 0 Å². The molecule has 1 N–H and O–H groups in total. The van der Waals surface area contributed by atoms with Gasteiger partial charge in [-0.15, -0.1) is 0 Å². The number of nitrogens with one attached hydrogen (secondary N) is 1. The Morgan fingerprint density at radius 3 is 3.00 bits per heavy atom. The standard InChI is InChI=1S/C13H18N4O3/c1-9-3-5-14-13(12(9)17(19)20)15-7-11-4-6-16(8-11)10(2)18/h3,5,11H,4,6-8H2,1-2H3,(H,14,15). The normalized spacial score (nSPS) is 18.1. The van der Waals surface area contributed by atoms with E-state index in [1.165, 1.54) is 0 Å². The van der Waals surface area contributed by atoms with Gasteiger partial charge in [-0.05, 0) is 25.3 Å². The summed E-state index contributed by atoms with van der Waals surface area (Å²) in [6, 6.07) is 1.62. The Hall–Kier alpha value is -2.18. The zero-order valence-corrected chi connectivity index (χ0v) is 11.6. The Bertz CT molecular complexity index is 532. The van der Waals surface area contributed by atoms with Crippen LogP contribution in [0.4, 0.5) is 11.5 Å². The van der Waals surface area contributed by atoms with Crippen LogP contribution in [-0.2, 0) is 4.79 Å². The number of carbonyl (C=O) groups excluding carboxylic acids is 1. The van der Waals surface area contributed by atoms with Gasteiger partial charge in [0.25, 0.3) is 0 Å². The van der Waals surface area contributed by atoms with Gasteiger partial charge in [-0.25, -0.2) is 4.98 Å². The molecular formula is C13H18N4O3. The first-order valence-electron chi connectivity index (χ1n) is 6.58. The number of anilines is 1. The summed E-state index contributed by atoms with van der Waals surface area (Å²) in [5.41, 5.74) is 0.609. The fraction of sp³-hybridized carbons (Fsp3) is 0.538. The minimum atomic E-state index is -0.415. The van der Waals surface area contributed by atoms with Gasteiger partial charge < -0.3 is 10.2 Å². The maximum absolute atomic E-state index is 11.3. The topological polar surface area (TPSA) is 88.4 Å². The van der Waals surface area contributed by atoms with Crippen molar-refractivity contribution in [3.63, 3.8) is 0 Å². The third-order valence-electron chi connectivity index (χ3n) is 3.60. The molecule has 1 fully saturated rings. The lowest BCUT2D eigenvalue weighted by Gasteiger charge is -2.14. The van der Waals surface area contributed by atoms with Crippen molar-refractivity contribution in [1.82, 2.24) is 9.88 Å². The highest BCUT2D eigenvalue weighted by Gasteiger charge is 2.25. The van der Waals surface area contributed by atoms with Crippen molar-refractivity contribution in [3.8, 4) is 0 Å². The van der Waals surface area contributed by atoms with Crippen molar-refractivity contribution in [1.29, 1.82) is 0 Å². The van der Waals surface area contributed by atoms with Crippen LogP contribution in [0.2, 0.25) is 0 Å². The Kier molecular flexibility index (Phi) is 4.16. The van der Waals surface area contributed by atoms with Crippen LogP contribution in [0.25, 0.3) is 0 Å². The van der Waals surface area contributed by atoms with Crippen molar-refractivity contribution in [2.45, 2.75) is 20.3 Å². The van der Waals surface area contributed by atoms with E-state index in [1.807, 2.05) is 0 Å². The van der Waals surface area contributed by atoms with Gasteiger partial charge in [0.05, 0.1) is 4.92 Å². The second-order valence-corrected chi connectivity index (χ2v) is 5.08. The Morgan fingerprint density at radius 1 is 1.65 bits per heavy atom. The molecule has 20 heavy (non-hydrogen) atoms. The number of hydrogen-bond donors (Lipinski definition) is 1. The molecule has 0 bridgehead atoms. The lowest BCUT2D eigenvalue weighted by atomic mass is 10.1. The highest BCUT2D eigenvalue weighted by molar-refractivity contribution is 5.73. The molecule has 1 unspecified atom stereocenters. The van der Waals surface area contributed by atoms with Crippen LogP contribution < -0.4 is 5.32 Å². The number of amides is 1. The third kappa shape index (κ3) is 3.04. The molecule has 2 heterocycles. The molecule has 7 heteroatoms. The monoisotopic (exact) mass is 278 g/mol. The van der Waals surface area contributed by atoms with Gasteiger partial charge in [0.15, 0.2) is 0 Å². The molecule has 2 rings (SSSR count). The maximum Gasteiger partial charge on any atom is 0.314 e. The van der Waals surface area contributed by atoms with Gasteiger partial charge in [-0.3, -0.25) is 14.9 Å². The Balaban J connectivity index is 2.00. The molecule has 0 radical (unpaired) electrons. The van der Waals surface area contributed by atoms with Gasteiger partial charge in [-0.2, -0.15) is 0 Å². The van der Waals surface area contributed by atoms with Gasteiger partial charge in [0, 0.05) is 38.3 Å². The van der Waals surface area contributed by atoms with Crippen molar-refractivity contribution >= 4 is 17.4 Å². The molecule has 1 amide bonds. The largest absolute Gasteiger partial charge is 0.364 e. The zero-order chi connectivity index (χ0) is 14.7. The Labute approximate surface area is 117 Å². The highest BCUT2D eigenvalue weighted by atomic mass is 16.6. The molecule has 1 aromatic heterocycles. The van der Waals surface area contributed by atoms with Gasteiger partial charge in [-0.1, -0.05) is 0 Å². The fourth-order valence-corrected chi connectivity index (χ4v) is 2.44. The predicted octanol–water partition coefficient (Wildman–Crippen LogP) is 1.58. The first kappa shape index (κ1) is 14.2. The number of nitrogens with zero attached hydrogens (tertiary/aromatic N) is 3. The van der Waals surface area contributed by atoms with Gasteiger partial charge in [0.1, 0.15) is 0 Å². The number of hydrogen-bond acceptors (Lipinski definition) is 5. The number of pyridine rings is 1. The van der Waals surface area contributed by atoms with Crippen molar-refractivity contribution in [2.75, 3.05) is 25.0 Å². The SMILES string of the molecule is CC(=O)N1CCC(CNc2nccc(C)c2[N+](=O)[O-])C1. The molecule has 1 aromatic rings. The number of aryl methyl sites for hydroxylation is 1. The van der Waals surface area contributed by atoms with Crippen LogP contribution in [-0.4, -0.2) is 40.3 Å². The van der Waals surface area contributed by atoms with E-state index in [1.54, 1.807) is 31.0 Å². The lowest BCUT2D eigenvalue weighted by Crippen LogP contribution is -2.27. The van der Waals surface area contributed by atoms with Crippen LogP contribution in [0.5, 0.6) is 0 Å². The number of carbonyl (C=O) groups is 1. The number of rotatable bonds is 4. The minimum Gasteiger partial charge on any atom is -0.364 e. The molecule has 0 aliphatic carbocycles. The minimum absolute atomic E-state index is 0.0221. The summed E-state index contributed by atoms with van der Waals surface area (Å²) < 4.78 is 0. The molecule has 0 spiro atoms. The molecule has 108 valence electrons. The third-order valence-corrected chi connectivity index (χ3v) is 3.60. The lowest BCUT2D eigenvalue weighted by molar-refractivity contribution is -0.384. The first-order chi connectivity index (χ1) is 9.49. The van der Waals surface area contributed by atoms with Crippen molar-refractivity contribution < 1.29 is 9.72 Å². The molecule has 1 aliphatic rings. The summed E-state index contributed by atoms with van der Waals surface area (Å²) in [6.45, 7) is 5.29. The van der Waals surface area contributed by atoms with Crippen molar-refractivity contribution in [2.24, 2.45) is 5.92 Å². The van der Waals surface area contributed by atoms with Crippen LogP contribution in [0, 0.1) is 23.0 Å². The van der Waals surface area contributed by atoms with Gasteiger partial charge in [0.2, 0.25) is 11.7 Å². The number of aromatic nitrogens is 1. The maximum atomic E-state index is 11.3. The molecule has 1 saturated heterocycles. The fourth-order valence-electron chi connectivity index (χ4n) is 2.44. The number of nitro groups is 1. The molecular weight excluding hydrogens is 260 g/mol. The average molecular weight is 278 g/mol. The summed E-state index contributed by atoms with van der Waals surface area (Å²) in [7, 11) is 0. The van der Waals surface area contributed by atoms with E-state index >= 15 is 0 Å². The molecule has 1 aliphatic heterocycles. The molecule has 7 nitrogen and oxygen atoms in total. The summed E-state index contributed by atoms with van der Waals surface area (Å²) >= 11 is 0. The summed E-state index contributed by atoms with van der Waals surface area (Å²) in [5, 5.41) is 14.1. The van der Waals surface area contributed by atoms with E-state index in [0.717, 1.165) is 13.0 Å². The summed E-state index contributed by atoms with van der Waals surface area (Å²) in [4.78, 5) is 27.7. The second-order valence-electron chi connectivity index (χ2n) is 5.08. The van der Waals surface area contributed by atoms with Crippen LogP contribution in [0.1, 0.15) is 18.9 Å². The first-order valence-corrected chi connectivity index (χ1v) is 6.58. The molecule has 1 atom stereocenters. The Morgan fingerprint density at radius 2 is 2.40 bits per heavy atom. The van der Waals surface area contributed by atoms with E-state index in [9.17, 15) is 14.9 Å². The molecule has 0 aromatic carbocycles. The quantitative estimate of drug-likeness (QED) is 0.667. The smallest absolute Gasteiger partial charge is 0.314 e. The van der Waals surface area contributed by atoms with E-state index in [-0.39, 0.29) is 11.6 Å². The van der Waals surface area contributed by atoms with Gasteiger partial charge >= 0.3 is 5.69 Å². The van der Waals surface area contributed by atoms with E-state index in [0.29, 0.717) is 30.4 Å². The summed E-state index contributed by atoms with van der Waals surface area (Å²) in [6.07, 6.45) is 2.47. The van der Waals surface area contributed by atoms with E-state index < -0.39 is 4.92 Å². The highest BCUT2D eigenvalue weighted by Crippen LogP contribution is 2.26. The predicted molar refractivity (Wildman–Crippen MR) is 74.5 cm³/mol. The molecule has 0 saturated carbocycles. The van der Waals surface area contributed by atoms with E-state index in [2.05, 4.69) is 10.3 Å². The second kappa shape index (κ2) is 5.85. The zero-order valence-electron chi connectivity index (χ0n) is 11.6. The van der Waals surface area contributed by atoms with Crippen LogP contribution in [0.3, 0.4) is 0 Å². The number of likely N-dealkylation sites (tertiary alicyclic amines) is 1. The van der Waals surface area contributed by atoms with Crippen LogP contribution >= 0.6 is 0 Å². The summed E-state index contributed by atoms with van der Waals surface area (Å²) in [5.74, 6) is 0.684. The van der Waals surface area contributed by atoms with Crippen LogP contribution in [0.15, 0.2) is 12.3 Å².